The molecular formula is C12H7ClFN3O3. The van der Waals surface area contributed by atoms with Gasteiger partial charge in [0.25, 0.3) is 11.6 Å². The molecule has 0 saturated carbocycles. The van der Waals surface area contributed by atoms with Crippen LogP contribution >= 0.6 is 11.6 Å². The lowest BCUT2D eigenvalue weighted by Crippen LogP contribution is -2.15. The predicted molar refractivity (Wildman–Crippen MR) is 70.3 cm³/mol. The Balaban J connectivity index is 2.32. The first-order valence-corrected chi connectivity index (χ1v) is 5.73. The van der Waals surface area contributed by atoms with Gasteiger partial charge >= 0.3 is 0 Å². The molecule has 1 aromatic heterocycles. The quantitative estimate of drug-likeness (QED) is 0.536. The third kappa shape index (κ3) is 3.07. The van der Waals surface area contributed by atoms with Gasteiger partial charge in [0.1, 0.15) is 11.4 Å². The summed E-state index contributed by atoms with van der Waals surface area (Å²) in [6, 6.07) is 7.46. The lowest BCUT2D eigenvalue weighted by molar-refractivity contribution is -0.385. The first-order chi connectivity index (χ1) is 9.47. The number of carbonyl (C=O) groups excluding carboxylic acids is 1. The van der Waals surface area contributed by atoms with Crippen molar-refractivity contribution in [3.05, 3.63) is 63.0 Å². The van der Waals surface area contributed by atoms with E-state index in [9.17, 15) is 19.3 Å². The second-order valence-electron chi connectivity index (χ2n) is 3.72. The van der Waals surface area contributed by atoms with Crippen LogP contribution in [-0.4, -0.2) is 15.8 Å². The van der Waals surface area contributed by atoms with Gasteiger partial charge in [-0.2, -0.15) is 4.39 Å². The topological polar surface area (TPSA) is 85.1 Å². The number of aromatic nitrogens is 1. The molecule has 1 aromatic carbocycles. The zero-order chi connectivity index (χ0) is 14.7. The lowest BCUT2D eigenvalue weighted by atomic mass is 10.1. The van der Waals surface area contributed by atoms with Crippen LogP contribution in [0.25, 0.3) is 0 Å². The molecular weight excluding hydrogens is 289 g/mol. The van der Waals surface area contributed by atoms with Crippen LogP contribution < -0.4 is 5.32 Å². The summed E-state index contributed by atoms with van der Waals surface area (Å²) in [5.41, 5.74) is -0.628. The fraction of sp³-hybridized carbons (Fsp3) is 0. The summed E-state index contributed by atoms with van der Waals surface area (Å²) < 4.78 is 12.9. The summed E-state index contributed by atoms with van der Waals surface area (Å²) >= 11 is 5.65. The Hall–Kier alpha value is -2.54. The van der Waals surface area contributed by atoms with E-state index in [0.29, 0.717) is 0 Å². The molecule has 1 amide bonds. The fourth-order valence-corrected chi connectivity index (χ4v) is 1.68. The van der Waals surface area contributed by atoms with Crippen LogP contribution in [0.2, 0.25) is 5.02 Å². The van der Waals surface area contributed by atoms with Crippen molar-refractivity contribution in [3.8, 4) is 0 Å². The number of halogens is 2. The minimum atomic E-state index is -0.772. The molecule has 0 fully saturated rings. The Kier molecular flexibility index (Phi) is 3.90. The Morgan fingerprint density at radius 2 is 2.10 bits per heavy atom. The minimum absolute atomic E-state index is 0.0424. The number of hydrogen-bond acceptors (Lipinski definition) is 4. The summed E-state index contributed by atoms with van der Waals surface area (Å²) in [5, 5.41) is 13.3. The summed E-state index contributed by atoms with van der Waals surface area (Å²) in [5.74, 6) is -1.58. The van der Waals surface area contributed by atoms with Crippen LogP contribution in [0.5, 0.6) is 0 Å². The van der Waals surface area contributed by atoms with E-state index in [4.69, 9.17) is 11.6 Å². The zero-order valence-corrected chi connectivity index (χ0v) is 10.6. The molecule has 6 nitrogen and oxygen atoms in total. The zero-order valence-electron chi connectivity index (χ0n) is 9.84. The van der Waals surface area contributed by atoms with Gasteiger partial charge < -0.3 is 5.32 Å². The maximum Gasteiger partial charge on any atom is 0.283 e. The van der Waals surface area contributed by atoms with E-state index >= 15 is 0 Å². The van der Waals surface area contributed by atoms with Crippen molar-refractivity contribution in [3.63, 3.8) is 0 Å². The molecule has 0 radical (unpaired) electrons. The number of anilines is 1. The van der Waals surface area contributed by atoms with Crippen LogP contribution in [0.1, 0.15) is 10.4 Å². The van der Waals surface area contributed by atoms with Gasteiger partial charge in [-0.05, 0) is 24.3 Å². The second-order valence-corrected chi connectivity index (χ2v) is 4.15. The van der Waals surface area contributed by atoms with Crippen molar-refractivity contribution in [2.75, 3.05) is 5.32 Å². The number of nitro benzene ring substituents is 1. The van der Waals surface area contributed by atoms with Gasteiger partial charge in [-0.1, -0.05) is 17.7 Å². The third-order valence-corrected chi connectivity index (χ3v) is 2.59. The Morgan fingerprint density at radius 3 is 2.75 bits per heavy atom. The highest BCUT2D eigenvalue weighted by atomic mass is 35.5. The number of pyridine rings is 1. The Labute approximate surface area is 117 Å². The van der Waals surface area contributed by atoms with Crippen LogP contribution in [0.3, 0.4) is 0 Å². The lowest BCUT2D eigenvalue weighted by Gasteiger charge is -2.05. The van der Waals surface area contributed by atoms with E-state index in [1.165, 1.54) is 24.3 Å². The minimum Gasteiger partial charge on any atom is -0.306 e. The first kappa shape index (κ1) is 13.9. The van der Waals surface area contributed by atoms with Crippen molar-refractivity contribution in [1.29, 1.82) is 0 Å². The smallest absolute Gasteiger partial charge is 0.283 e. The molecule has 0 aliphatic carbocycles. The maximum absolute atomic E-state index is 12.9. The summed E-state index contributed by atoms with van der Waals surface area (Å²) in [6.07, 6.45) is 0. The molecule has 0 aliphatic heterocycles. The number of carbonyl (C=O) groups is 1. The second kappa shape index (κ2) is 5.62. The average molecular weight is 296 g/mol. The molecule has 20 heavy (non-hydrogen) atoms. The molecule has 0 aliphatic rings. The van der Waals surface area contributed by atoms with Crippen molar-refractivity contribution in [2.45, 2.75) is 0 Å². The molecule has 1 N–H and O–H groups in total. The highest BCUT2D eigenvalue weighted by Gasteiger charge is 2.20. The number of nitrogens with zero attached hydrogens (tertiary/aromatic N) is 2. The fourth-order valence-electron chi connectivity index (χ4n) is 1.51. The van der Waals surface area contributed by atoms with Crippen LogP contribution in [0.15, 0.2) is 36.4 Å². The average Bonchev–Trinajstić information content (AvgIpc) is 2.38. The van der Waals surface area contributed by atoms with E-state index in [0.717, 1.165) is 12.1 Å². The molecule has 0 bridgehead atoms. The molecule has 8 heteroatoms. The molecule has 2 rings (SSSR count). The van der Waals surface area contributed by atoms with Crippen molar-refractivity contribution in [1.82, 2.24) is 4.98 Å². The molecule has 102 valence electrons. The highest BCUT2D eigenvalue weighted by Crippen LogP contribution is 2.23. The van der Waals surface area contributed by atoms with Gasteiger partial charge in [0, 0.05) is 11.1 Å². The maximum atomic E-state index is 12.9. The van der Waals surface area contributed by atoms with Crippen molar-refractivity contribution < 1.29 is 14.1 Å². The van der Waals surface area contributed by atoms with Crippen molar-refractivity contribution in [2.24, 2.45) is 0 Å². The summed E-state index contributed by atoms with van der Waals surface area (Å²) in [4.78, 5) is 25.5. The molecule has 0 atom stereocenters. The monoisotopic (exact) mass is 295 g/mol. The van der Waals surface area contributed by atoms with E-state index in [2.05, 4.69) is 10.3 Å². The van der Waals surface area contributed by atoms with Gasteiger partial charge in [-0.15, -0.1) is 0 Å². The molecule has 1 heterocycles. The van der Waals surface area contributed by atoms with Gasteiger partial charge in [0.15, 0.2) is 0 Å². The van der Waals surface area contributed by atoms with E-state index in [1.807, 2.05) is 0 Å². The third-order valence-electron chi connectivity index (χ3n) is 2.36. The number of benzene rings is 1. The summed E-state index contributed by atoms with van der Waals surface area (Å²) in [6.45, 7) is 0. The molecule has 0 saturated heterocycles. The number of hydrogen-bond donors (Lipinski definition) is 1. The predicted octanol–water partition coefficient (Wildman–Crippen LogP) is 3.03. The first-order valence-electron chi connectivity index (χ1n) is 5.35. The summed E-state index contributed by atoms with van der Waals surface area (Å²) in [7, 11) is 0. The van der Waals surface area contributed by atoms with Gasteiger partial charge in [0.2, 0.25) is 5.95 Å². The van der Waals surface area contributed by atoms with E-state index < -0.39 is 22.5 Å². The largest absolute Gasteiger partial charge is 0.306 e. The highest BCUT2D eigenvalue weighted by molar-refractivity contribution is 6.31. The van der Waals surface area contributed by atoms with Gasteiger partial charge in [-0.25, -0.2) is 4.98 Å². The number of nitro groups is 1. The van der Waals surface area contributed by atoms with Crippen LogP contribution in [0, 0.1) is 16.1 Å². The van der Waals surface area contributed by atoms with Gasteiger partial charge in [0.05, 0.1) is 4.92 Å². The van der Waals surface area contributed by atoms with Crippen molar-refractivity contribution >= 4 is 29.0 Å². The molecule has 0 unspecified atom stereocenters. The number of nitrogens with one attached hydrogen (secondary N) is 1. The van der Waals surface area contributed by atoms with Gasteiger partial charge in [-0.3, -0.25) is 14.9 Å². The molecule has 0 spiro atoms. The van der Waals surface area contributed by atoms with Crippen LogP contribution in [0.4, 0.5) is 15.9 Å². The van der Waals surface area contributed by atoms with E-state index in [-0.39, 0.29) is 16.4 Å². The normalized spacial score (nSPS) is 10.1. The SMILES string of the molecule is O=C(Nc1cccc(F)n1)c1ccc(Cl)cc1[N+](=O)[O-]. The Bertz CT molecular complexity index is 693. The number of rotatable bonds is 3. The standard InChI is InChI=1S/C12H7ClFN3O3/c13-7-4-5-8(9(6-7)17(19)20)12(18)16-11-3-1-2-10(14)15-11/h1-6H,(H,15,16,18). The number of amides is 1. The van der Waals surface area contributed by atoms with Crippen LogP contribution in [-0.2, 0) is 0 Å². The van der Waals surface area contributed by atoms with E-state index in [1.54, 1.807) is 0 Å². The Morgan fingerprint density at radius 1 is 1.35 bits per heavy atom. The molecule has 2 aromatic rings.